The fraction of sp³-hybridized carbons (Fsp3) is 0.417. The lowest BCUT2D eigenvalue weighted by molar-refractivity contribution is -0.140. The summed E-state index contributed by atoms with van der Waals surface area (Å²) in [6.45, 7) is 2.75. The Kier molecular flexibility index (Phi) is 11.1. The molecule has 0 fully saturated rings. The zero-order chi connectivity index (χ0) is 28.8. The molecule has 0 aromatic heterocycles. The number of halogens is 6. The Morgan fingerprint density at radius 2 is 1.68 bits per heavy atom. The number of sulfonamides is 1. The van der Waals surface area contributed by atoms with E-state index in [1.54, 1.807) is 13.0 Å². The van der Waals surface area contributed by atoms with Crippen molar-refractivity contribution in [2.75, 3.05) is 23.7 Å². The minimum Gasteiger partial charge on any atom is -0.354 e. The maximum Gasteiger partial charge on any atom is 0.416 e. The predicted molar refractivity (Wildman–Crippen MR) is 143 cm³/mol. The largest absolute Gasteiger partial charge is 0.416 e. The molecule has 0 unspecified atom stereocenters. The van der Waals surface area contributed by atoms with Gasteiger partial charge in [-0.25, -0.2) is 8.42 Å². The van der Waals surface area contributed by atoms with E-state index in [9.17, 15) is 31.2 Å². The summed E-state index contributed by atoms with van der Waals surface area (Å²) in [4.78, 5) is 27.7. The fourth-order valence-electron chi connectivity index (χ4n) is 3.59. The summed E-state index contributed by atoms with van der Waals surface area (Å²) in [6, 6.07) is 5.68. The number of nitrogens with zero attached hydrogens (tertiary/aromatic N) is 2. The molecule has 0 aliphatic heterocycles. The van der Waals surface area contributed by atoms with Crippen molar-refractivity contribution in [3.05, 3.63) is 62.6 Å². The van der Waals surface area contributed by atoms with Gasteiger partial charge < -0.3 is 10.2 Å². The van der Waals surface area contributed by atoms with Gasteiger partial charge in [-0.1, -0.05) is 54.7 Å². The molecular weight excluding hydrogens is 590 g/mol. The van der Waals surface area contributed by atoms with Crippen LogP contribution in [0.1, 0.15) is 37.8 Å². The maximum absolute atomic E-state index is 13.6. The van der Waals surface area contributed by atoms with Crippen molar-refractivity contribution in [2.45, 2.75) is 45.5 Å². The number of benzene rings is 2. The van der Waals surface area contributed by atoms with Gasteiger partial charge in [0.25, 0.3) is 0 Å². The van der Waals surface area contributed by atoms with Gasteiger partial charge in [-0.3, -0.25) is 13.9 Å². The lowest BCUT2D eigenvalue weighted by Gasteiger charge is -2.33. The SMILES string of the molecule is CCCNC(=O)[C@H](CC)N(Cc1ccc(Cl)cc1Cl)C(=O)CN(c1cc(C(F)(F)F)ccc1Cl)S(C)(=O)=O. The Labute approximate surface area is 234 Å². The molecule has 0 aliphatic carbocycles. The van der Waals surface area contributed by atoms with Crippen LogP contribution in [0.25, 0.3) is 0 Å². The molecule has 0 spiro atoms. The summed E-state index contributed by atoms with van der Waals surface area (Å²) < 4.78 is 65.9. The molecule has 0 heterocycles. The highest BCUT2D eigenvalue weighted by Crippen LogP contribution is 2.36. The zero-order valence-electron chi connectivity index (χ0n) is 20.8. The van der Waals surface area contributed by atoms with Gasteiger partial charge in [-0.05, 0) is 48.7 Å². The van der Waals surface area contributed by atoms with Gasteiger partial charge in [0.1, 0.15) is 12.6 Å². The lowest BCUT2D eigenvalue weighted by atomic mass is 10.1. The van der Waals surface area contributed by atoms with Crippen molar-refractivity contribution in [3.63, 3.8) is 0 Å². The van der Waals surface area contributed by atoms with Gasteiger partial charge in [-0.15, -0.1) is 0 Å². The number of hydrogen-bond donors (Lipinski definition) is 1. The molecule has 0 bridgehead atoms. The number of anilines is 1. The quantitative estimate of drug-likeness (QED) is 0.348. The second kappa shape index (κ2) is 13.2. The average molecular weight is 617 g/mol. The minimum atomic E-state index is -4.78. The Hall–Kier alpha value is -2.21. The highest BCUT2D eigenvalue weighted by atomic mass is 35.5. The summed E-state index contributed by atoms with van der Waals surface area (Å²) in [5, 5.41) is 2.95. The van der Waals surface area contributed by atoms with E-state index in [1.165, 1.54) is 12.1 Å². The van der Waals surface area contributed by atoms with E-state index in [4.69, 9.17) is 34.8 Å². The van der Waals surface area contributed by atoms with Crippen LogP contribution >= 0.6 is 34.8 Å². The number of carbonyl (C=O) groups excluding carboxylic acids is 2. The molecule has 2 aromatic carbocycles. The summed E-state index contributed by atoms with van der Waals surface area (Å²) in [5.41, 5.74) is -1.24. The molecule has 1 N–H and O–H groups in total. The highest BCUT2D eigenvalue weighted by Gasteiger charge is 2.35. The first kappa shape index (κ1) is 32.0. The molecule has 38 heavy (non-hydrogen) atoms. The highest BCUT2D eigenvalue weighted by molar-refractivity contribution is 7.92. The molecule has 2 aromatic rings. The molecule has 0 aliphatic rings. The number of hydrogen-bond acceptors (Lipinski definition) is 4. The van der Waals surface area contributed by atoms with E-state index in [0.717, 1.165) is 17.2 Å². The van der Waals surface area contributed by atoms with Crippen LogP contribution in [0.3, 0.4) is 0 Å². The zero-order valence-corrected chi connectivity index (χ0v) is 23.9. The van der Waals surface area contributed by atoms with Gasteiger partial charge in [0.2, 0.25) is 21.8 Å². The van der Waals surface area contributed by atoms with E-state index < -0.39 is 51.9 Å². The van der Waals surface area contributed by atoms with Crippen LogP contribution in [0.5, 0.6) is 0 Å². The lowest BCUT2D eigenvalue weighted by Crippen LogP contribution is -2.52. The molecule has 2 rings (SSSR count). The first-order valence-electron chi connectivity index (χ1n) is 11.5. The first-order chi connectivity index (χ1) is 17.6. The third-order valence-electron chi connectivity index (χ3n) is 5.51. The molecule has 0 saturated heterocycles. The van der Waals surface area contributed by atoms with E-state index in [0.29, 0.717) is 40.0 Å². The monoisotopic (exact) mass is 615 g/mol. The van der Waals surface area contributed by atoms with Crippen LogP contribution in [0.15, 0.2) is 36.4 Å². The maximum atomic E-state index is 13.6. The molecule has 1 atom stereocenters. The van der Waals surface area contributed by atoms with Crippen molar-refractivity contribution in [3.8, 4) is 0 Å². The molecule has 14 heteroatoms. The van der Waals surface area contributed by atoms with Gasteiger partial charge in [0.05, 0.1) is 22.5 Å². The normalized spacial score (nSPS) is 12.7. The molecule has 210 valence electrons. The third-order valence-corrected chi connectivity index (χ3v) is 7.55. The van der Waals surface area contributed by atoms with Crippen molar-refractivity contribution in [1.29, 1.82) is 0 Å². The molecular formula is C24H27Cl3F3N3O4S. The summed E-state index contributed by atoms with van der Waals surface area (Å²) >= 11 is 18.3. The standard InChI is InChI=1S/C24H27Cl3F3N3O4S/c1-4-10-31-23(35)20(5-2)32(13-15-6-8-17(25)12-19(15)27)22(34)14-33(38(3,36)37)21-11-16(24(28,29)30)7-9-18(21)26/h6-9,11-12,20H,4-5,10,13-14H2,1-3H3,(H,31,35)/t20-/m0/s1. The Morgan fingerprint density at radius 3 is 2.21 bits per heavy atom. The topological polar surface area (TPSA) is 86.8 Å². The number of rotatable bonds is 11. The third kappa shape index (κ3) is 8.39. The second-order valence-electron chi connectivity index (χ2n) is 8.41. The number of amides is 2. The van der Waals surface area contributed by atoms with Crippen molar-refractivity contribution >= 4 is 62.3 Å². The van der Waals surface area contributed by atoms with Crippen molar-refractivity contribution in [2.24, 2.45) is 0 Å². The second-order valence-corrected chi connectivity index (χ2v) is 11.6. The van der Waals surface area contributed by atoms with E-state index in [-0.39, 0.29) is 23.0 Å². The minimum absolute atomic E-state index is 0.162. The molecule has 2 amide bonds. The first-order valence-corrected chi connectivity index (χ1v) is 14.4. The molecule has 0 radical (unpaired) electrons. The van der Waals surface area contributed by atoms with Gasteiger partial charge in [0, 0.05) is 23.1 Å². The molecule has 7 nitrogen and oxygen atoms in total. The van der Waals surface area contributed by atoms with Gasteiger partial charge in [-0.2, -0.15) is 13.2 Å². The smallest absolute Gasteiger partial charge is 0.354 e. The summed E-state index contributed by atoms with van der Waals surface area (Å²) in [6.07, 6.45) is -3.25. The number of alkyl halides is 3. The van der Waals surface area contributed by atoms with Crippen molar-refractivity contribution < 1.29 is 31.2 Å². The average Bonchev–Trinajstić information content (AvgIpc) is 2.81. The van der Waals surface area contributed by atoms with Crippen LogP contribution in [-0.2, 0) is 32.3 Å². The number of nitrogens with one attached hydrogen (secondary N) is 1. The van der Waals surface area contributed by atoms with E-state index >= 15 is 0 Å². The van der Waals surface area contributed by atoms with Crippen LogP contribution in [0.2, 0.25) is 15.1 Å². The number of carbonyl (C=O) groups is 2. The van der Waals surface area contributed by atoms with Crippen molar-refractivity contribution in [1.82, 2.24) is 10.2 Å². The Bertz CT molecular complexity index is 1280. The Balaban J connectivity index is 2.56. The van der Waals surface area contributed by atoms with Crippen LogP contribution in [-0.4, -0.2) is 50.5 Å². The fourth-order valence-corrected chi connectivity index (χ4v) is 5.19. The molecule has 0 saturated carbocycles. The Morgan fingerprint density at radius 1 is 1.03 bits per heavy atom. The predicted octanol–water partition coefficient (Wildman–Crippen LogP) is 5.77. The summed E-state index contributed by atoms with van der Waals surface area (Å²) in [5.74, 6) is -1.33. The van der Waals surface area contributed by atoms with E-state index in [2.05, 4.69) is 5.32 Å². The summed E-state index contributed by atoms with van der Waals surface area (Å²) in [7, 11) is -4.29. The van der Waals surface area contributed by atoms with Gasteiger partial charge >= 0.3 is 6.18 Å². The van der Waals surface area contributed by atoms with Crippen LogP contribution in [0, 0.1) is 0 Å². The van der Waals surface area contributed by atoms with Gasteiger partial charge in [0.15, 0.2) is 0 Å². The van der Waals surface area contributed by atoms with E-state index in [1.807, 2.05) is 6.92 Å². The van der Waals surface area contributed by atoms with Crippen LogP contribution < -0.4 is 9.62 Å². The van der Waals surface area contributed by atoms with Crippen LogP contribution in [0.4, 0.5) is 18.9 Å².